The molecule has 0 radical (unpaired) electrons. The molecule has 5 nitrogen and oxygen atoms in total. The van der Waals surface area contributed by atoms with Gasteiger partial charge in [-0.05, 0) is 25.3 Å². The summed E-state index contributed by atoms with van der Waals surface area (Å²) in [4.78, 5) is 22.9. The van der Waals surface area contributed by atoms with Crippen molar-refractivity contribution in [2.75, 3.05) is 13.2 Å². The first-order chi connectivity index (χ1) is 9.65. The summed E-state index contributed by atoms with van der Waals surface area (Å²) in [6.45, 7) is 0.479. The Labute approximate surface area is 117 Å². The Kier molecular flexibility index (Phi) is 7.27. The van der Waals surface area contributed by atoms with Gasteiger partial charge in [-0.3, -0.25) is 9.59 Å². The van der Waals surface area contributed by atoms with Gasteiger partial charge in [0.2, 0.25) is 0 Å². The summed E-state index contributed by atoms with van der Waals surface area (Å²) in [5.41, 5.74) is 0.330. The molecule has 0 aliphatic heterocycles. The molecule has 0 aliphatic carbocycles. The van der Waals surface area contributed by atoms with Gasteiger partial charge < -0.3 is 15.7 Å². The summed E-state index contributed by atoms with van der Waals surface area (Å²) in [5, 5.41) is 13.4. The van der Waals surface area contributed by atoms with E-state index in [1.54, 1.807) is 18.2 Å². The quantitative estimate of drug-likeness (QED) is 0.509. The molecule has 0 aliphatic rings. The summed E-state index contributed by atoms with van der Waals surface area (Å²) >= 11 is 0. The average Bonchev–Trinajstić information content (AvgIpc) is 2.45. The second-order valence-electron chi connectivity index (χ2n) is 4.31. The molecule has 1 rings (SSSR count). The Morgan fingerprint density at radius 1 is 1.05 bits per heavy atom. The number of benzene rings is 1. The van der Waals surface area contributed by atoms with Crippen LogP contribution in [0.1, 0.15) is 24.8 Å². The first kappa shape index (κ1) is 16.1. The van der Waals surface area contributed by atoms with Crippen molar-refractivity contribution in [3.8, 4) is 0 Å². The fourth-order valence-electron chi connectivity index (χ4n) is 1.59. The molecule has 0 spiro atoms. The van der Waals surface area contributed by atoms with E-state index in [1.807, 2.05) is 0 Å². The standard InChI is InChI=1S/C14H19FN2O3/c15-12-7-3-2-6-11(12)10-17-14(20)13(19)16-8-4-1-5-9-18/h2-3,6-7,18H,1,4-5,8-10H2,(H,16,19)(H,17,20). The van der Waals surface area contributed by atoms with Gasteiger partial charge in [-0.1, -0.05) is 18.2 Å². The molecule has 6 heteroatoms. The number of carbonyl (C=O) groups excluding carboxylic acids is 2. The summed E-state index contributed by atoms with van der Waals surface area (Å²) in [5.74, 6) is -1.93. The van der Waals surface area contributed by atoms with Crippen molar-refractivity contribution in [3.05, 3.63) is 35.6 Å². The van der Waals surface area contributed by atoms with Crippen LogP contribution >= 0.6 is 0 Å². The monoisotopic (exact) mass is 282 g/mol. The van der Waals surface area contributed by atoms with Crippen LogP contribution in [-0.2, 0) is 16.1 Å². The number of unbranched alkanes of at least 4 members (excludes halogenated alkanes) is 2. The van der Waals surface area contributed by atoms with Crippen LogP contribution in [-0.4, -0.2) is 30.1 Å². The van der Waals surface area contributed by atoms with Crippen LogP contribution in [0.5, 0.6) is 0 Å². The van der Waals surface area contributed by atoms with Crippen molar-refractivity contribution < 1.29 is 19.1 Å². The molecule has 0 atom stereocenters. The molecule has 0 saturated carbocycles. The van der Waals surface area contributed by atoms with Crippen molar-refractivity contribution in [1.82, 2.24) is 10.6 Å². The van der Waals surface area contributed by atoms with Gasteiger partial charge in [-0.2, -0.15) is 0 Å². The normalized spacial score (nSPS) is 10.1. The van der Waals surface area contributed by atoms with Crippen LogP contribution in [0, 0.1) is 5.82 Å². The summed E-state index contributed by atoms with van der Waals surface area (Å²) in [6, 6.07) is 6.05. The van der Waals surface area contributed by atoms with Crippen LogP contribution in [0.3, 0.4) is 0 Å². The smallest absolute Gasteiger partial charge is 0.309 e. The molecule has 3 N–H and O–H groups in total. The number of aliphatic hydroxyl groups is 1. The number of amides is 2. The molecule has 110 valence electrons. The molecule has 2 amide bonds. The second-order valence-corrected chi connectivity index (χ2v) is 4.31. The van der Waals surface area contributed by atoms with E-state index in [2.05, 4.69) is 10.6 Å². The lowest BCUT2D eigenvalue weighted by Gasteiger charge is -2.07. The molecular weight excluding hydrogens is 263 g/mol. The number of hydrogen-bond donors (Lipinski definition) is 3. The van der Waals surface area contributed by atoms with E-state index in [9.17, 15) is 14.0 Å². The van der Waals surface area contributed by atoms with Gasteiger partial charge >= 0.3 is 11.8 Å². The van der Waals surface area contributed by atoms with Crippen molar-refractivity contribution in [2.24, 2.45) is 0 Å². The van der Waals surface area contributed by atoms with Gasteiger partial charge in [0.05, 0.1) is 0 Å². The largest absolute Gasteiger partial charge is 0.396 e. The molecule has 0 saturated heterocycles. The maximum Gasteiger partial charge on any atom is 0.309 e. The Balaban J connectivity index is 2.25. The van der Waals surface area contributed by atoms with Gasteiger partial charge in [0.25, 0.3) is 0 Å². The van der Waals surface area contributed by atoms with Crippen molar-refractivity contribution in [1.29, 1.82) is 0 Å². The Morgan fingerprint density at radius 3 is 2.45 bits per heavy atom. The number of hydrogen-bond acceptors (Lipinski definition) is 3. The first-order valence-electron chi connectivity index (χ1n) is 6.55. The Hall–Kier alpha value is -1.95. The Morgan fingerprint density at radius 2 is 1.75 bits per heavy atom. The van der Waals surface area contributed by atoms with Crippen LogP contribution in [0.4, 0.5) is 4.39 Å². The zero-order chi connectivity index (χ0) is 14.8. The third-order valence-electron chi connectivity index (χ3n) is 2.72. The van der Waals surface area contributed by atoms with Gasteiger partial charge in [0.1, 0.15) is 5.82 Å². The highest BCUT2D eigenvalue weighted by Gasteiger charge is 2.12. The predicted molar refractivity (Wildman–Crippen MR) is 72.2 cm³/mol. The lowest BCUT2D eigenvalue weighted by Crippen LogP contribution is -2.40. The Bertz CT molecular complexity index is 452. The third-order valence-corrected chi connectivity index (χ3v) is 2.72. The zero-order valence-electron chi connectivity index (χ0n) is 11.2. The number of halogens is 1. The van der Waals surface area contributed by atoms with Gasteiger partial charge in [-0.25, -0.2) is 4.39 Å². The average molecular weight is 282 g/mol. The maximum atomic E-state index is 13.3. The highest BCUT2D eigenvalue weighted by molar-refractivity contribution is 6.35. The summed E-state index contributed by atoms with van der Waals surface area (Å²) in [6.07, 6.45) is 2.16. The molecule has 0 heterocycles. The van der Waals surface area contributed by atoms with E-state index in [0.717, 1.165) is 6.42 Å². The van der Waals surface area contributed by atoms with Crippen molar-refractivity contribution >= 4 is 11.8 Å². The maximum absolute atomic E-state index is 13.3. The SMILES string of the molecule is O=C(NCCCCCO)C(=O)NCc1ccccc1F. The number of rotatable bonds is 7. The minimum absolute atomic E-state index is 0.0244. The van der Waals surface area contributed by atoms with Gasteiger partial charge in [0.15, 0.2) is 0 Å². The zero-order valence-corrected chi connectivity index (χ0v) is 11.2. The van der Waals surface area contributed by atoms with Crippen molar-refractivity contribution in [3.63, 3.8) is 0 Å². The van der Waals surface area contributed by atoms with Crippen LogP contribution in [0.15, 0.2) is 24.3 Å². The van der Waals surface area contributed by atoms with E-state index in [4.69, 9.17) is 5.11 Å². The number of aliphatic hydroxyl groups excluding tert-OH is 1. The summed E-state index contributed by atoms with van der Waals surface area (Å²) < 4.78 is 13.3. The molecule has 20 heavy (non-hydrogen) atoms. The van der Waals surface area contributed by atoms with Crippen molar-refractivity contribution in [2.45, 2.75) is 25.8 Å². The lowest BCUT2D eigenvalue weighted by atomic mass is 10.2. The van der Waals surface area contributed by atoms with E-state index in [1.165, 1.54) is 6.07 Å². The molecule has 0 bridgehead atoms. The molecule has 1 aromatic rings. The third kappa shape index (κ3) is 5.79. The van der Waals surface area contributed by atoms with Crippen LogP contribution in [0.2, 0.25) is 0 Å². The van der Waals surface area contributed by atoms with Crippen LogP contribution in [0.25, 0.3) is 0 Å². The second kappa shape index (κ2) is 9.03. The number of nitrogens with one attached hydrogen (secondary N) is 2. The molecule has 0 unspecified atom stereocenters. The van der Waals surface area contributed by atoms with E-state index >= 15 is 0 Å². The van der Waals surface area contributed by atoms with Crippen LogP contribution < -0.4 is 10.6 Å². The molecular formula is C14H19FN2O3. The molecule has 1 aromatic carbocycles. The topological polar surface area (TPSA) is 78.4 Å². The predicted octanol–water partition coefficient (Wildman–Crippen LogP) is 0.721. The molecule has 0 fully saturated rings. The minimum atomic E-state index is -0.782. The summed E-state index contributed by atoms with van der Waals surface area (Å²) in [7, 11) is 0. The minimum Gasteiger partial charge on any atom is -0.396 e. The lowest BCUT2D eigenvalue weighted by molar-refractivity contribution is -0.139. The van der Waals surface area contributed by atoms with Gasteiger partial charge in [-0.15, -0.1) is 0 Å². The highest BCUT2D eigenvalue weighted by atomic mass is 19.1. The fraction of sp³-hybridized carbons (Fsp3) is 0.429. The van der Waals surface area contributed by atoms with Gasteiger partial charge in [0, 0.05) is 25.3 Å². The van der Waals surface area contributed by atoms with E-state index in [0.29, 0.717) is 24.9 Å². The first-order valence-corrected chi connectivity index (χ1v) is 6.55. The number of carbonyl (C=O) groups is 2. The molecule has 0 aromatic heterocycles. The highest BCUT2D eigenvalue weighted by Crippen LogP contribution is 2.05. The fourth-order valence-corrected chi connectivity index (χ4v) is 1.59. The van der Waals surface area contributed by atoms with E-state index < -0.39 is 17.6 Å². The van der Waals surface area contributed by atoms with E-state index in [-0.39, 0.29) is 13.2 Å².